The largest absolute Gasteiger partial charge is 0.395 e. The van der Waals surface area contributed by atoms with E-state index in [1.54, 1.807) is 0 Å². The fourth-order valence-electron chi connectivity index (χ4n) is 2.88. The Hall–Kier alpha value is -1.82. The van der Waals surface area contributed by atoms with Gasteiger partial charge in [-0.2, -0.15) is 0 Å². The highest BCUT2D eigenvalue weighted by molar-refractivity contribution is 6.00. The van der Waals surface area contributed by atoms with Crippen LogP contribution in [-0.2, 0) is 15.0 Å². The summed E-state index contributed by atoms with van der Waals surface area (Å²) in [6.07, 6.45) is 1.56. The number of hydrogen-bond acceptors (Lipinski definition) is 3. The summed E-state index contributed by atoms with van der Waals surface area (Å²) in [5.41, 5.74) is -0.404. The Balaban J connectivity index is 1.97. The van der Waals surface area contributed by atoms with Gasteiger partial charge >= 0.3 is 0 Å². The lowest BCUT2D eigenvalue weighted by Crippen LogP contribution is -2.40. The van der Waals surface area contributed by atoms with Crippen molar-refractivity contribution in [1.82, 2.24) is 5.32 Å². The van der Waals surface area contributed by atoms with Crippen molar-refractivity contribution in [1.29, 1.82) is 0 Å². The van der Waals surface area contributed by atoms with Gasteiger partial charge in [0.15, 0.2) is 0 Å². The molecule has 2 N–H and O–H groups in total. The zero-order valence-electron chi connectivity index (χ0n) is 11.3. The standard InChI is InChI=1S/C15H15F2NO3/c16-10-5-8(15(7-19)3-4-15)6-11(17)13(10)9-1-2-12(20)18-14(9)21/h5-6,9,19H,1-4,7H2,(H,18,20,21)/t9-/m1/s1. The number of aliphatic hydroxyl groups is 1. The quantitative estimate of drug-likeness (QED) is 0.831. The highest BCUT2D eigenvalue weighted by atomic mass is 19.1. The molecule has 2 fully saturated rings. The van der Waals surface area contributed by atoms with Crippen molar-refractivity contribution in [3.63, 3.8) is 0 Å². The number of carbonyl (C=O) groups excluding carboxylic acids is 2. The highest BCUT2D eigenvalue weighted by Crippen LogP contribution is 2.48. The van der Waals surface area contributed by atoms with E-state index >= 15 is 0 Å². The van der Waals surface area contributed by atoms with Crippen LogP contribution in [0, 0.1) is 11.6 Å². The summed E-state index contributed by atoms with van der Waals surface area (Å²) in [5.74, 6) is -3.66. The zero-order chi connectivity index (χ0) is 15.2. The van der Waals surface area contributed by atoms with E-state index in [0.717, 1.165) is 0 Å². The summed E-state index contributed by atoms with van der Waals surface area (Å²) in [4.78, 5) is 22.9. The van der Waals surface area contributed by atoms with Crippen molar-refractivity contribution < 1.29 is 23.5 Å². The van der Waals surface area contributed by atoms with Gasteiger partial charge in [-0.3, -0.25) is 14.9 Å². The van der Waals surface area contributed by atoms with E-state index in [4.69, 9.17) is 0 Å². The lowest BCUT2D eigenvalue weighted by Gasteiger charge is -2.23. The number of rotatable bonds is 3. The maximum absolute atomic E-state index is 14.3. The van der Waals surface area contributed by atoms with E-state index in [1.165, 1.54) is 12.1 Å². The first-order valence-electron chi connectivity index (χ1n) is 6.91. The lowest BCUT2D eigenvalue weighted by atomic mass is 9.87. The second-order valence-corrected chi connectivity index (χ2v) is 5.80. The number of benzene rings is 1. The van der Waals surface area contributed by atoms with Gasteiger partial charge in [0.25, 0.3) is 0 Å². The molecule has 1 saturated carbocycles. The van der Waals surface area contributed by atoms with Crippen molar-refractivity contribution >= 4 is 11.8 Å². The third-order valence-corrected chi connectivity index (χ3v) is 4.44. The zero-order valence-corrected chi connectivity index (χ0v) is 11.3. The van der Waals surface area contributed by atoms with Gasteiger partial charge in [0.1, 0.15) is 11.6 Å². The van der Waals surface area contributed by atoms with Crippen molar-refractivity contribution in [3.8, 4) is 0 Å². The van der Waals surface area contributed by atoms with Crippen LogP contribution < -0.4 is 5.32 Å². The van der Waals surface area contributed by atoms with Gasteiger partial charge in [0, 0.05) is 17.4 Å². The van der Waals surface area contributed by atoms with Crippen LogP contribution in [0.15, 0.2) is 12.1 Å². The second-order valence-electron chi connectivity index (χ2n) is 5.80. The minimum absolute atomic E-state index is 0.0671. The molecule has 1 aromatic carbocycles. The van der Waals surface area contributed by atoms with Crippen LogP contribution in [0.25, 0.3) is 0 Å². The molecular formula is C15H15F2NO3. The summed E-state index contributed by atoms with van der Waals surface area (Å²) in [5, 5.41) is 11.4. The van der Waals surface area contributed by atoms with E-state index in [2.05, 4.69) is 5.32 Å². The monoisotopic (exact) mass is 295 g/mol. The molecule has 1 aliphatic carbocycles. The fourth-order valence-corrected chi connectivity index (χ4v) is 2.88. The second kappa shape index (κ2) is 4.87. The molecule has 2 aliphatic rings. The molecule has 0 aromatic heterocycles. The van der Waals surface area contributed by atoms with Crippen LogP contribution in [0.2, 0.25) is 0 Å². The molecular weight excluding hydrogens is 280 g/mol. The molecule has 0 radical (unpaired) electrons. The third kappa shape index (κ3) is 2.33. The van der Waals surface area contributed by atoms with Crippen LogP contribution in [0.5, 0.6) is 0 Å². The summed E-state index contributed by atoms with van der Waals surface area (Å²) in [7, 11) is 0. The van der Waals surface area contributed by atoms with Crippen LogP contribution in [0.1, 0.15) is 42.7 Å². The van der Waals surface area contributed by atoms with E-state index in [9.17, 15) is 23.5 Å². The average Bonchev–Trinajstić information content (AvgIpc) is 3.21. The Kier molecular flexibility index (Phi) is 3.28. The lowest BCUT2D eigenvalue weighted by molar-refractivity contribution is -0.134. The van der Waals surface area contributed by atoms with E-state index in [1.807, 2.05) is 0 Å². The molecule has 1 atom stereocenters. The van der Waals surface area contributed by atoms with Crippen molar-refractivity contribution in [2.75, 3.05) is 6.61 Å². The van der Waals surface area contributed by atoms with E-state index < -0.39 is 34.8 Å². The SMILES string of the molecule is O=C1CC[C@H](c2c(F)cc(C3(CO)CC3)cc2F)C(=O)N1. The molecule has 1 heterocycles. The molecule has 0 unspecified atom stereocenters. The predicted octanol–water partition coefficient (Wildman–Crippen LogP) is 1.51. The van der Waals surface area contributed by atoms with Crippen molar-refractivity contribution in [2.24, 2.45) is 0 Å². The number of amides is 2. The third-order valence-electron chi connectivity index (χ3n) is 4.44. The van der Waals surface area contributed by atoms with Crippen molar-refractivity contribution in [2.45, 2.75) is 37.0 Å². The highest BCUT2D eigenvalue weighted by Gasteiger charge is 2.45. The van der Waals surface area contributed by atoms with Gasteiger partial charge in [-0.1, -0.05) is 0 Å². The summed E-state index contributed by atoms with van der Waals surface area (Å²) in [6, 6.07) is 2.40. The molecule has 0 spiro atoms. The molecule has 1 saturated heterocycles. The van der Waals surface area contributed by atoms with Crippen LogP contribution in [0.3, 0.4) is 0 Å². The maximum Gasteiger partial charge on any atom is 0.234 e. The smallest absolute Gasteiger partial charge is 0.234 e. The molecule has 0 bridgehead atoms. The molecule has 112 valence electrons. The Morgan fingerprint density at radius 1 is 1.24 bits per heavy atom. The first-order valence-corrected chi connectivity index (χ1v) is 6.91. The van der Waals surface area contributed by atoms with Crippen LogP contribution in [0.4, 0.5) is 8.78 Å². The first-order chi connectivity index (χ1) is 9.97. The molecule has 3 rings (SSSR count). The van der Waals surface area contributed by atoms with Gasteiger partial charge in [0.2, 0.25) is 11.8 Å². The minimum atomic E-state index is -0.985. The van der Waals surface area contributed by atoms with Crippen LogP contribution in [-0.4, -0.2) is 23.5 Å². The predicted molar refractivity (Wildman–Crippen MR) is 69.5 cm³/mol. The van der Waals surface area contributed by atoms with Gasteiger partial charge < -0.3 is 5.11 Å². The summed E-state index contributed by atoms with van der Waals surface area (Å²) < 4.78 is 28.5. The van der Waals surface area contributed by atoms with Crippen LogP contribution >= 0.6 is 0 Å². The molecule has 6 heteroatoms. The molecule has 2 amide bonds. The minimum Gasteiger partial charge on any atom is -0.395 e. The number of aliphatic hydroxyl groups excluding tert-OH is 1. The van der Waals surface area contributed by atoms with Crippen molar-refractivity contribution in [3.05, 3.63) is 34.9 Å². The Bertz CT molecular complexity index is 602. The Morgan fingerprint density at radius 3 is 2.33 bits per heavy atom. The maximum atomic E-state index is 14.3. The molecule has 4 nitrogen and oxygen atoms in total. The summed E-state index contributed by atoms with van der Waals surface area (Å²) in [6.45, 7) is -0.149. The number of carbonyl (C=O) groups is 2. The fraction of sp³-hybridized carbons (Fsp3) is 0.467. The molecule has 21 heavy (non-hydrogen) atoms. The van der Waals surface area contributed by atoms with Gasteiger partial charge in [-0.05, 0) is 37.0 Å². The average molecular weight is 295 g/mol. The van der Waals surface area contributed by atoms with Gasteiger partial charge in [0.05, 0.1) is 12.5 Å². The topological polar surface area (TPSA) is 66.4 Å². The number of imide groups is 1. The Labute approximate surface area is 120 Å². The number of nitrogens with one attached hydrogen (secondary N) is 1. The van der Waals surface area contributed by atoms with Gasteiger partial charge in [-0.25, -0.2) is 8.78 Å². The number of piperidine rings is 1. The Morgan fingerprint density at radius 2 is 1.86 bits per heavy atom. The number of halogens is 2. The molecule has 1 aromatic rings. The molecule has 1 aliphatic heterocycles. The first kappa shape index (κ1) is 14.1. The van der Waals surface area contributed by atoms with E-state index in [0.29, 0.717) is 18.4 Å². The summed E-state index contributed by atoms with van der Waals surface area (Å²) >= 11 is 0. The van der Waals surface area contributed by atoms with Gasteiger partial charge in [-0.15, -0.1) is 0 Å². The number of hydrogen-bond donors (Lipinski definition) is 2. The normalized spacial score (nSPS) is 23.9. The van der Waals surface area contributed by atoms with E-state index in [-0.39, 0.29) is 25.0 Å².